The second-order valence-electron chi connectivity index (χ2n) is 7.63. The first kappa shape index (κ1) is 19.2. The molecular weight excluding hydrogens is 366 g/mol. The summed E-state index contributed by atoms with van der Waals surface area (Å²) in [7, 11) is 0. The molecule has 2 saturated heterocycles. The van der Waals surface area contributed by atoms with E-state index in [4.69, 9.17) is 0 Å². The van der Waals surface area contributed by atoms with Gasteiger partial charge in [0, 0.05) is 31.7 Å². The molecule has 0 bridgehead atoms. The molecule has 2 atom stereocenters. The molecule has 0 spiro atoms. The molecule has 2 heterocycles. The molecular formula is C23H25N3O3. The minimum atomic E-state index is -0.452. The van der Waals surface area contributed by atoms with Crippen LogP contribution in [-0.2, 0) is 20.9 Å². The predicted octanol–water partition coefficient (Wildman–Crippen LogP) is 2.35. The lowest BCUT2D eigenvalue weighted by Gasteiger charge is -2.26. The van der Waals surface area contributed by atoms with Gasteiger partial charge in [-0.15, -0.1) is 0 Å². The monoisotopic (exact) mass is 391 g/mol. The standard InChI is InChI=1S/C23H25N3O3/c27-21-14-18(16-26(21)19-10-5-2-6-11-19)23(29)25-13-7-12-20(25)22(28)24-15-17-8-3-1-4-9-17/h1-6,8-11,18,20H,7,12-16H2,(H,24,28). The highest BCUT2D eigenvalue weighted by Crippen LogP contribution is 2.28. The van der Waals surface area contributed by atoms with Gasteiger partial charge in [0.05, 0.1) is 5.92 Å². The molecule has 2 aliphatic rings. The van der Waals surface area contributed by atoms with Gasteiger partial charge in [0.25, 0.3) is 0 Å². The minimum absolute atomic E-state index is 0.0428. The van der Waals surface area contributed by atoms with Gasteiger partial charge in [0.15, 0.2) is 0 Å². The predicted molar refractivity (Wildman–Crippen MR) is 110 cm³/mol. The van der Waals surface area contributed by atoms with Crippen molar-refractivity contribution in [2.75, 3.05) is 18.0 Å². The smallest absolute Gasteiger partial charge is 0.243 e. The zero-order valence-corrected chi connectivity index (χ0v) is 16.3. The number of hydrogen-bond acceptors (Lipinski definition) is 3. The van der Waals surface area contributed by atoms with Crippen LogP contribution in [0.1, 0.15) is 24.8 Å². The van der Waals surface area contributed by atoms with E-state index in [0.29, 0.717) is 26.1 Å². The van der Waals surface area contributed by atoms with Crippen molar-refractivity contribution in [1.82, 2.24) is 10.2 Å². The van der Waals surface area contributed by atoms with Crippen LogP contribution in [0.25, 0.3) is 0 Å². The molecule has 2 fully saturated rings. The van der Waals surface area contributed by atoms with Crippen LogP contribution in [0.3, 0.4) is 0 Å². The van der Waals surface area contributed by atoms with Gasteiger partial charge in [-0.2, -0.15) is 0 Å². The number of rotatable bonds is 5. The summed E-state index contributed by atoms with van der Waals surface area (Å²) in [5, 5.41) is 2.95. The highest BCUT2D eigenvalue weighted by Gasteiger charge is 2.42. The summed E-state index contributed by atoms with van der Waals surface area (Å²) in [6, 6.07) is 18.7. The number of hydrogen-bond donors (Lipinski definition) is 1. The van der Waals surface area contributed by atoms with Crippen molar-refractivity contribution in [3.63, 3.8) is 0 Å². The maximum Gasteiger partial charge on any atom is 0.243 e. The Morgan fingerprint density at radius 2 is 1.69 bits per heavy atom. The molecule has 2 aliphatic heterocycles. The number of para-hydroxylation sites is 1. The molecule has 2 aromatic carbocycles. The van der Waals surface area contributed by atoms with E-state index in [1.165, 1.54) is 0 Å². The van der Waals surface area contributed by atoms with Crippen LogP contribution in [0, 0.1) is 5.92 Å². The second kappa shape index (κ2) is 8.47. The Kier molecular flexibility index (Phi) is 5.60. The number of anilines is 1. The lowest BCUT2D eigenvalue weighted by Crippen LogP contribution is -2.48. The molecule has 6 nitrogen and oxygen atoms in total. The van der Waals surface area contributed by atoms with Crippen molar-refractivity contribution in [1.29, 1.82) is 0 Å². The van der Waals surface area contributed by atoms with E-state index in [1.54, 1.807) is 9.80 Å². The third-order valence-electron chi connectivity index (χ3n) is 5.69. The summed E-state index contributed by atoms with van der Waals surface area (Å²) in [5.74, 6) is -0.651. The summed E-state index contributed by atoms with van der Waals surface area (Å²) < 4.78 is 0. The molecule has 0 saturated carbocycles. The van der Waals surface area contributed by atoms with Crippen molar-refractivity contribution < 1.29 is 14.4 Å². The largest absolute Gasteiger partial charge is 0.350 e. The van der Waals surface area contributed by atoms with E-state index in [0.717, 1.165) is 17.7 Å². The van der Waals surface area contributed by atoms with Crippen LogP contribution in [0.15, 0.2) is 60.7 Å². The highest BCUT2D eigenvalue weighted by molar-refractivity contribution is 6.01. The van der Waals surface area contributed by atoms with Crippen LogP contribution >= 0.6 is 0 Å². The van der Waals surface area contributed by atoms with Crippen LogP contribution in [0.2, 0.25) is 0 Å². The number of nitrogens with one attached hydrogen (secondary N) is 1. The number of carbonyl (C=O) groups excluding carboxylic acids is 3. The second-order valence-corrected chi connectivity index (χ2v) is 7.63. The van der Waals surface area contributed by atoms with Gasteiger partial charge in [0.1, 0.15) is 6.04 Å². The first-order valence-corrected chi connectivity index (χ1v) is 10.1. The fraction of sp³-hybridized carbons (Fsp3) is 0.348. The fourth-order valence-electron chi connectivity index (χ4n) is 4.17. The Balaban J connectivity index is 1.39. The number of carbonyl (C=O) groups is 3. The van der Waals surface area contributed by atoms with Crippen molar-refractivity contribution in [3.05, 3.63) is 66.2 Å². The highest BCUT2D eigenvalue weighted by atomic mass is 16.2. The van der Waals surface area contributed by atoms with Crippen LogP contribution in [0.5, 0.6) is 0 Å². The summed E-state index contributed by atoms with van der Waals surface area (Å²) in [4.78, 5) is 41.6. The Bertz CT molecular complexity index is 885. The third-order valence-corrected chi connectivity index (χ3v) is 5.69. The number of amides is 3. The quantitative estimate of drug-likeness (QED) is 0.851. The number of likely N-dealkylation sites (tertiary alicyclic amines) is 1. The van der Waals surface area contributed by atoms with Gasteiger partial charge in [0.2, 0.25) is 17.7 Å². The van der Waals surface area contributed by atoms with Crippen molar-refractivity contribution in [3.8, 4) is 0 Å². The first-order valence-electron chi connectivity index (χ1n) is 10.1. The molecule has 29 heavy (non-hydrogen) atoms. The molecule has 6 heteroatoms. The molecule has 150 valence electrons. The summed E-state index contributed by atoms with van der Waals surface area (Å²) >= 11 is 0. The van der Waals surface area contributed by atoms with Gasteiger partial charge < -0.3 is 15.1 Å². The average Bonchev–Trinajstić information content (AvgIpc) is 3.40. The Labute approximate surface area is 170 Å². The normalized spacial score (nSPS) is 21.4. The molecule has 0 radical (unpaired) electrons. The van der Waals surface area contributed by atoms with E-state index in [1.807, 2.05) is 60.7 Å². The Morgan fingerprint density at radius 3 is 2.41 bits per heavy atom. The zero-order valence-electron chi connectivity index (χ0n) is 16.3. The third kappa shape index (κ3) is 4.16. The topological polar surface area (TPSA) is 69.7 Å². The van der Waals surface area contributed by atoms with Gasteiger partial charge >= 0.3 is 0 Å². The van der Waals surface area contributed by atoms with Crippen molar-refractivity contribution >= 4 is 23.4 Å². The fourth-order valence-corrected chi connectivity index (χ4v) is 4.17. The number of nitrogens with zero attached hydrogens (tertiary/aromatic N) is 2. The van der Waals surface area contributed by atoms with Crippen LogP contribution < -0.4 is 10.2 Å². The average molecular weight is 391 g/mol. The van der Waals surface area contributed by atoms with Crippen molar-refractivity contribution in [2.45, 2.75) is 31.8 Å². The van der Waals surface area contributed by atoms with E-state index in [9.17, 15) is 14.4 Å². The molecule has 1 N–H and O–H groups in total. The first-order chi connectivity index (χ1) is 14.1. The lowest BCUT2D eigenvalue weighted by atomic mass is 10.1. The summed E-state index contributed by atoms with van der Waals surface area (Å²) in [5.41, 5.74) is 1.84. The maximum absolute atomic E-state index is 13.1. The lowest BCUT2D eigenvalue weighted by molar-refractivity contribution is -0.141. The molecule has 3 amide bonds. The van der Waals surface area contributed by atoms with Crippen LogP contribution in [-0.4, -0.2) is 41.8 Å². The molecule has 0 aromatic heterocycles. The van der Waals surface area contributed by atoms with Gasteiger partial charge in [-0.3, -0.25) is 14.4 Å². The Morgan fingerprint density at radius 1 is 1.00 bits per heavy atom. The van der Waals surface area contributed by atoms with E-state index in [2.05, 4.69) is 5.32 Å². The number of benzene rings is 2. The molecule has 4 rings (SSSR count). The van der Waals surface area contributed by atoms with Crippen LogP contribution in [0.4, 0.5) is 5.69 Å². The molecule has 0 aliphatic carbocycles. The molecule has 2 unspecified atom stereocenters. The van der Waals surface area contributed by atoms with Crippen molar-refractivity contribution in [2.24, 2.45) is 5.92 Å². The summed E-state index contributed by atoms with van der Waals surface area (Å²) in [6.07, 6.45) is 1.66. The molecule has 2 aromatic rings. The Hall–Kier alpha value is -3.15. The van der Waals surface area contributed by atoms with Gasteiger partial charge in [-0.25, -0.2) is 0 Å². The van der Waals surface area contributed by atoms with E-state index >= 15 is 0 Å². The van der Waals surface area contributed by atoms with E-state index < -0.39 is 12.0 Å². The maximum atomic E-state index is 13.1. The zero-order chi connectivity index (χ0) is 20.2. The van der Waals surface area contributed by atoms with E-state index in [-0.39, 0.29) is 24.1 Å². The minimum Gasteiger partial charge on any atom is -0.350 e. The van der Waals surface area contributed by atoms with Gasteiger partial charge in [-0.1, -0.05) is 48.5 Å². The summed E-state index contributed by atoms with van der Waals surface area (Å²) in [6.45, 7) is 1.39. The van der Waals surface area contributed by atoms with Gasteiger partial charge in [-0.05, 0) is 30.5 Å². The SMILES string of the molecule is O=C(NCc1ccccc1)C1CCCN1C(=O)C1CC(=O)N(c2ccccc2)C1.